The van der Waals surface area contributed by atoms with Crippen molar-refractivity contribution in [3.8, 4) is 5.82 Å². The number of hydrogen-bond acceptors (Lipinski definition) is 3. The van der Waals surface area contributed by atoms with E-state index in [9.17, 15) is 9.59 Å². The van der Waals surface area contributed by atoms with Crippen LogP contribution in [0.1, 0.15) is 33.6 Å². The number of rotatable bonds is 4. The van der Waals surface area contributed by atoms with Gasteiger partial charge >= 0.3 is 6.03 Å². The Balaban J connectivity index is 1.62. The molecule has 0 bridgehead atoms. The summed E-state index contributed by atoms with van der Waals surface area (Å²) in [6.07, 6.45) is 3.52. The second-order valence-corrected chi connectivity index (χ2v) is 7.72. The molecule has 1 N–H and O–H groups in total. The minimum absolute atomic E-state index is 0.245. The van der Waals surface area contributed by atoms with Gasteiger partial charge in [-0.2, -0.15) is 0 Å². The molecule has 2 aromatic heterocycles. The Labute approximate surface area is 175 Å². The topological polar surface area (TPSA) is 67.2 Å². The lowest BCUT2D eigenvalue weighted by Gasteiger charge is -2.11. The van der Waals surface area contributed by atoms with Gasteiger partial charge in [-0.3, -0.25) is 9.69 Å². The van der Waals surface area contributed by atoms with Crippen molar-refractivity contribution in [1.82, 2.24) is 19.8 Å². The van der Waals surface area contributed by atoms with Crippen molar-refractivity contribution < 1.29 is 9.59 Å². The molecule has 152 valence electrons. The van der Waals surface area contributed by atoms with Crippen LogP contribution in [0.25, 0.3) is 11.9 Å². The van der Waals surface area contributed by atoms with Gasteiger partial charge in [-0.05, 0) is 68.7 Å². The van der Waals surface area contributed by atoms with E-state index in [4.69, 9.17) is 0 Å². The van der Waals surface area contributed by atoms with Crippen LogP contribution in [0.5, 0.6) is 0 Å². The second kappa shape index (κ2) is 7.63. The molecule has 0 spiro atoms. The number of aryl methyl sites for hydroxylation is 3. The maximum Gasteiger partial charge on any atom is 0.329 e. The van der Waals surface area contributed by atoms with Gasteiger partial charge < -0.3 is 9.88 Å². The van der Waals surface area contributed by atoms with Crippen LogP contribution in [-0.2, 0) is 11.3 Å². The molecule has 0 radical (unpaired) electrons. The van der Waals surface area contributed by atoms with E-state index < -0.39 is 6.03 Å². The van der Waals surface area contributed by atoms with Crippen LogP contribution < -0.4 is 5.32 Å². The Morgan fingerprint density at radius 1 is 0.967 bits per heavy atom. The number of amides is 3. The Hall–Kier alpha value is -3.67. The van der Waals surface area contributed by atoms with Crippen molar-refractivity contribution in [2.45, 2.75) is 34.2 Å². The number of hydrogen-bond donors (Lipinski definition) is 1. The van der Waals surface area contributed by atoms with Crippen molar-refractivity contribution in [3.63, 3.8) is 0 Å². The summed E-state index contributed by atoms with van der Waals surface area (Å²) in [5.74, 6) is 0.511. The molecule has 3 aromatic rings. The van der Waals surface area contributed by atoms with Crippen LogP contribution in [-0.4, -0.2) is 26.4 Å². The zero-order chi connectivity index (χ0) is 21.4. The van der Waals surface area contributed by atoms with Gasteiger partial charge in [-0.25, -0.2) is 9.78 Å². The average molecular weight is 400 g/mol. The third-order valence-corrected chi connectivity index (χ3v) is 5.32. The zero-order valence-electron chi connectivity index (χ0n) is 17.6. The van der Waals surface area contributed by atoms with Gasteiger partial charge in [0.2, 0.25) is 0 Å². The molecular formula is C24H24N4O2. The summed E-state index contributed by atoms with van der Waals surface area (Å²) in [5.41, 5.74) is 6.28. The van der Waals surface area contributed by atoms with Crippen LogP contribution in [0.4, 0.5) is 4.79 Å². The van der Waals surface area contributed by atoms with Crippen LogP contribution in [0.2, 0.25) is 0 Å². The van der Waals surface area contributed by atoms with Crippen LogP contribution in [0.15, 0.2) is 54.4 Å². The predicted molar refractivity (Wildman–Crippen MR) is 116 cm³/mol. The van der Waals surface area contributed by atoms with Crippen molar-refractivity contribution in [1.29, 1.82) is 0 Å². The standard InChI is InChI=1S/C24H24N4O2/c1-15-5-7-19(8-6-15)14-27-23(29)21(26-24(27)30)13-20-12-17(3)28(18(20)4)22-11-16(2)9-10-25-22/h5-13H,14H2,1-4H3,(H,26,30)/b21-13+. The second-order valence-electron chi connectivity index (χ2n) is 7.72. The third-order valence-electron chi connectivity index (χ3n) is 5.32. The summed E-state index contributed by atoms with van der Waals surface area (Å²) >= 11 is 0. The number of nitrogens with zero attached hydrogens (tertiary/aromatic N) is 3. The summed E-state index contributed by atoms with van der Waals surface area (Å²) in [6.45, 7) is 8.25. The largest absolute Gasteiger partial charge is 0.329 e. The van der Waals surface area contributed by atoms with Crippen LogP contribution in [0, 0.1) is 27.7 Å². The number of aromatic nitrogens is 2. The summed E-state index contributed by atoms with van der Waals surface area (Å²) in [4.78, 5) is 31.0. The first-order chi connectivity index (χ1) is 14.3. The van der Waals surface area contributed by atoms with Gasteiger partial charge in [0.15, 0.2) is 0 Å². The fourth-order valence-corrected chi connectivity index (χ4v) is 3.68. The number of urea groups is 1. The lowest BCUT2D eigenvalue weighted by Crippen LogP contribution is -2.30. The Bertz CT molecular complexity index is 1170. The third kappa shape index (κ3) is 3.64. The van der Waals surface area contributed by atoms with Gasteiger partial charge in [0.1, 0.15) is 11.5 Å². The molecule has 3 heterocycles. The number of nitrogens with one attached hydrogen (secondary N) is 1. The Kier molecular flexibility index (Phi) is 4.99. The minimum atomic E-state index is -0.402. The van der Waals surface area contributed by atoms with E-state index in [-0.39, 0.29) is 18.1 Å². The van der Waals surface area contributed by atoms with Crippen molar-refractivity contribution in [2.24, 2.45) is 0 Å². The normalized spacial score (nSPS) is 15.2. The molecule has 1 saturated heterocycles. The monoisotopic (exact) mass is 400 g/mol. The van der Waals surface area contributed by atoms with Gasteiger partial charge in [0.05, 0.1) is 6.54 Å². The molecule has 0 unspecified atom stereocenters. The van der Waals surface area contributed by atoms with Crippen LogP contribution in [0.3, 0.4) is 0 Å². The molecular weight excluding hydrogens is 376 g/mol. The number of pyridine rings is 1. The SMILES string of the molecule is Cc1ccc(CN2C(=O)N/C(=C/c3cc(C)n(-c4cc(C)ccn4)c3C)C2=O)cc1. The van der Waals surface area contributed by atoms with E-state index in [0.717, 1.165) is 39.5 Å². The first kappa shape index (κ1) is 19.6. The fourth-order valence-electron chi connectivity index (χ4n) is 3.68. The first-order valence-electron chi connectivity index (χ1n) is 9.85. The Morgan fingerprint density at radius 3 is 2.40 bits per heavy atom. The van der Waals surface area contributed by atoms with E-state index in [1.165, 1.54) is 4.90 Å². The molecule has 1 aromatic carbocycles. The van der Waals surface area contributed by atoms with Crippen molar-refractivity contribution >= 4 is 18.0 Å². The maximum atomic E-state index is 12.9. The van der Waals surface area contributed by atoms with Crippen molar-refractivity contribution in [3.05, 3.63) is 88.0 Å². The molecule has 30 heavy (non-hydrogen) atoms. The Morgan fingerprint density at radius 2 is 1.70 bits per heavy atom. The van der Waals surface area contributed by atoms with Gasteiger partial charge in [0.25, 0.3) is 5.91 Å². The summed E-state index contributed by atoms with van der Waals surface area (Å²) < 4.78 is 2.05. The molecule has 6 nitrogen and oxygen atoms in total. The van der Waals surface area contributed by atoms with E-state index in [2.05, 4.69) is 10.3 Å². The number of benzene rings is 1. The molecule has 3 amide bonds. The van der Waals surface area contributed by atoms with E-state index in [0.29, 0.717) is 0 Å². The molecule has 4 rings (SSSR count). The maximum absolute atomic E-state index is 12.9. The highest BCUT2D eigenvalue weighted by Gasteiger charge is 2.33. The lowest BCUT2D eigenvalue weighted by atomic mass is 10.1. The summed E-state index contributed by atoms with van der Waals surface area (Å²) in [6, 6.07) is 13.4. The molecule has 0 aliphatic carbocycles. The highest BCUT2D eigenvalue weighted by atomic mass is 16.2. The van der Waals surface area contributed by atoms with Gasteiger partial charge in [-0.15, -0.1) is 0 Å². The summed E-state index contributed by atoms with van der Waals surface area (Å²) in [7, 11) is 0. The van der Waals surface area contributed by atoms with Crippen molar-refractivity contribution in [2.75, 3.05) is 0 Å². The minimum Gasteiger partial charge on any atom is -0.303 e. The highest BCUT2D eigenvalue weighted by Crippen LogP contribution is 2.24. The number of carbonyl (C=O) groups excluding carboxylic acids is 2. The molecule has 0 atom stereocenters. The predicted octanol–water partition coefficient (Wildman–Crippen LogP) is 4.20. The fraction of sp³-hybridized carbons (Fsp3) is 0.208. The highest BCUT2D eigenvalue weighted by molar-refractivity contribution is 6.13. The number of imide groups is 1. The molecule has 6 heteroatoms. The smallest absolute Gasteiger partial charge is 0.303 e. The van der Waals surface area contributed by atoms with Gasteiger partial charge in [-0.1, -0.05) is 29.8 Å². The quantitative estimate of drug-likeness (QED) is 0.527. The number of carbonyl (C=O) groups is 2. The molecule has 1 aliphatic heterocycles. The van der Waals surface area contributed by atoms with Crippen LogP contribution >= 0.6 is 0 Å². The van der Waals surface area contributed by atoms with E-state index in [1.807, 2.05) is 74.7 Å². The molecule has 1 aliphatic rings. The van der Waals surface area contributed by atoms with Gasteiger partial charge in [0, 0.05) is 17.6 Å². The molecule has 1 fully saturated rings. The lowest BCUT2D eigenvalue weighted by molar-refractivity contribution is -0.123. The molecule has 0 saturated carbocycles. The van der Waals surface area contributed by atoms with E-state index in [1.54, 1.807) is 12.3 Å². The average Bonchev–Trinajstić information content (AvgIpc) is 3.13. The zero-order valence-corrected chi connectivity index (χ0v) is 17.6. The summed E-state index contributed by atoms with van der Waals surface area (Å²) in [5, 5.41) is 2.71. The van der Waals surface area contributed by atoms with E-state index >= 15 is 0 Å². The first-order valence-corrected chi connectivity index (χ1v) is 9.85.